The van der Waals surface area contributed by atoms with Crippen LogP contribution >= 0.6 is 11.8 Å². The monoisotopic (exact) mass is 350 g/mol. The van der Waals surface area contributed by atoms with Crippen LogP contribution in [0.25, 0.3) is 6.08 Å². The molecule has 1 heterocycles. The molecule has 0 N–H and O–H groups in total. The second kappa shape index (κ2) is 8.17. The molecule has 1 amide bonds. The van der Waals surface area contributed by atoms with E-state index in [4.69, 9.17) is 4.99 Å². The lowest BCUT2D eigenvalue weighted by Gasteiger charge is -2.21. The van der Waals surface area contributed by atoms with Crippen molar-refractivity contribution < 1.29 is 4.79 Å². The summed E-state index contributed by atoms with van der Waals surface area (Å²) in [5.74, 6) is 0.888. The van der Waals surface area contributed by atoms with E-state index in [9.17, 15) is 4.79 Å². The number of aryl methyl sites for hydroxylation is 1. The molecule has 1 aliphatic rings. The van der Waals surface area contributed by atoms with Crippen LogP contribution in [0.4, 0.5) is 5.69 Å². The normalized spacial score (nSPS) is 19.0. The number of hydrogen-bond donors (Lipinski definition) is 0. The predicted molar refractivity (Wildman–Crippen MR) is 107 cm³/mol. The van der Waals surface area contributed by atoms with Gasteiger partial charge in [-0.05, 0) is 42.7 Å². The largest absolute Gasteiger partial charge is 0.284 e. The van der Waals surface area contributed by atoms with Gasteiger partial charge in [-0.3, -0.25) is 9.69 Å². The highest BCUT2D eigenvalue weighted by Crippen LogP contribution is 2.29. The van der Waals surface area contributed by atoms with Crippen LogP contribution in [0.1, 0.15) is 24.5 Å². The number of benzene rings is 2. The molecule has 1 saturated heterocycles. The Hall–Kier alpha value is -2.33. The number of carbonyl (C=O) groups excluding carboxylic acids is 1. The van der Waals surface area contributed by atoms with Crippen molar-refractivity contribution in [3.63, 3.8) is 0 Å². The fourth-order valence-corrected chi connectivity index (χ4v) is 4.03. The minimum atomic E-state index is -0.00731. The van der Waals surface area contributed by atoms with Crippen molar-refractivity contribution in [1.29, 1.82) is 0 Å². The van der Waals surface area contributed by atoms with E-state index in [0.29, 0.717) is 0 Å². The summed E-state index contributed by atoms with van der Waals surface area (Å²) in [6, 6.07) is 18.1. The molecule has 1 aliphatic heterocycles. The number of hydrogen-bond acceptors (Lipinski definition) is 3. The molecule has 3 rings (SSSR count). The van der Waals surface area contributed by atoms with Crippen LogP contribution in [0.15, 0.2) is 65.7 Å². The molecule has 25 heavy (non-hydrogen) atoms. The van der Waals surface area contributed by atoms with Crippen LogP contribution < -0.4 is 0 Å². The Morgan fingerprint density at radius 1 is 1.24 bits per heavy atom. The van der Waals surface area contributed by atoms with Crippen molar-refractivity contribution >= 4 is 34.6 Å². The quantitative estimate of drug-likeness (QED) is 0.723. The number of amides is 1. The standard InChI is InChI=1S/C21H22N2OS/c1-3-19-15-25-21(22-18-11-7-8-16(2)14-18)23(19)20(24)13-12-17-9-5-4-6-10-17/h4-14,19H,3,15H2,1-2H3/b13-12+,22-21?/t19-/m1/s1. The van der Waals surface area contributed by atoms with Gasteiger partial charge >= 0.3 is 0 Å². The van der Waals surface area contributed by atoms with E-state index < -0.39 is 0 Å². The first-order valence-corrected chi connectivity index (χ1v) is 9.50. The number of carbonyl (C=O) groups is 1. The zero-order valence-electron chi connectivity index (χ0n) is 14.6. The molecule has 0 bridgehead atoms. The summed E-state index contributed by atoms with van der Waals surface area (Å²) in [5.41, 5.74) is 3.08. The Kier molecular flexibility index (Phi) is 5.71. The van der Waals surface area contributed by atoms with Gasteiger partial charge in [-0.15, -0.1) is 0 Å². The van der Waals surface area contributed by atoms with Crippen LogP contribution in [0, 0.1) is 6.92 Å². The maximum atomic E-state index is 12.8. The van der Waals surface area contributed by atoms with Gasteiger partial charge in [0.25, 0.3) is 5.91 Å². The predicted octanol–water partition coefficient (Wildman–Crippen LogP) is 5.05. The van der Waals surface area contributed by atoms with Crippen molar-refractivity contribution in [2.75, 3.05) is 5.75 Å². The molecule has 0 spiro atoms. The van der Waals surface area contributed by atoms with Gasteiger partial charge in [-0.25, -0.2) is 4.99 Å². The average molecular weight is 350 g/mol. The summed E-state index contributed by atoms with van der Waals surface area (Å²) in [6.07, 6.45) is 4.43. The highest BCUT2D eigenvalue weighted by Gasteiger charge is 2.32. The average Bonchev–Trinajstić information content (AvgIpc) is 3.03. The van der Waals surface area contributed by atoms with Crippen molar-refractivity contribution in [3.8, 4) is 0 Å². The fraction of sp³-hybridized carbons (Fsp3) is 0.238. The lowest BCUT2D eigenvalue weighted by Crippen LogP contribution is -2.37. The molecular formula is C21H22N2OS. The second-order valence-corrected chi connectivity index (χ2v) is 7.05. The maximum absolute atomic E-state index is 12.8. The molecule has 0 unspecified atom stereocenters. The number of thioether (sulfide) groups is 1. The van der Waals surface area contributed by atoms with Crippen LogP contribution in [0.2, 0.25) is 0 Å². The molecule has 3 nitrogen and oxygen atoms in total. The van der Waals surface area contributed by atoms with Crippen molar-refractivity contribution in [3.05, 3.63) is 71.8 Å². The van der Waals surface area contributed by atoms with Crippen LogP contribution in [0.3, 0.4) is 0 Å². The minimum absolute atomic E-state index is 0.00731. The Balaban J connectivity index is 1.84. The van der Waals surface area contributed by atoms with E-state index in [1.54, 1.807) is 17.8 Å². The van der Waals surface area contributed by atoms with Gasteiger partial charge in [0.05, 0.1) is 5.69 Å². The summed E-state index contributed by atoms with van der Waals surface area (Å²) in [7, 11) is 0. The zero-order valence-corrected chi connectivity index (χ0v) is 15.4. The van der Waals surface area contributed by atoms with Crippen molar-refractivity contribution in [1.82, 2.24) is 4.90 Å². The smallest absolute Gasteiger partial charge is 0.252 e. The molecule has 0 aromatic heterocycles. The van der Waals surface area contributed by atoms with E-state index in [0.717, 1.165) is 28.6 Å². The lowest BCUT2D eigenvalue weighted by molar-refractivity contribution is -0.123. The molecule has 128 valence electrons. The highest BCUT2D eigenvalue weighted by atomic mass is 32.2. The first-order valence-electron chi connectivity index (χ1n) is 8.52. The number of amidine groups is 1. The first-order chi connectivity index (χ1) is 12.2. The molecule has 4 heteroatoms. The number of nitrogens with zero attached hydrogens (tertiary/aromatic N) is 2. The molecule has 2 aromatic rings. The van der Waals surface area contributed by atoms with Crippen LogP contribution in [-0.2, 0) is 4.79 Å². The summed E-state index contributed by atoms with van der Waals surface area (Å²) in [5, 5.41) is 0.792. The molecule has 0 aliphatic carbocycles. The van der Waals surface area contributed by atoms with Gasteiger partial charge in [0.1, 0.15) is 0 Å². The SMILES string of the molecule is CC[C@@H]1CSC(=Nc2cccc(C)c2)N1C(=O)/C=C/c1ccccc1. The van der Waals surface area contributed by atoms with E-state index in [1.165, 1.54) is 5.56 Å². The van der Waals surface area contributed by atoms with E-state index >= 15 is 0 Å². The van der Waals surface area contributed by atoms with Gasteiger partial charge in [-0.2, -0.15) is 0 Å². The van der Waals surface area contributed by atoms with Crippen LogP contribution in [0.5, 0.6) is 0 Å². The molecule has 1 atom stereocenters. The van der Waals surface area contributed by atoms with Gasteiger partial charge in [0, 0.05) is 17.9 Å². The topological polar surface area (TPSA) is 32.7 Å². The maximum Gasteiger partial charge on any atom is 0.252 e. The van der Waals surface area contributed by atoms with E-state index in [-0.39, 0.29) is 11.9 Å². The fourth-order valence-electron chi connectivity index (χ4n) is 2.75. The third-order valence-electron chi connectivity index (χ3n) is 4.13. The second-order valence-electron chi connectivity index (χ2n) is 6.06. The van der Waals surface area contributed by atoms with Gasteiger partial charge < -0.3 is 0 Å². The Bertz CT molecular complexity index is 799. The summed E-state index contributed by atoms with van der Waals surface area (Å²) in [4.78, 5) is 19.4. The van der Waals surface area contributed by atoms with Crippen molar-refractivity contribution in [2.24, 2.45) is 4.99 Å². The minimum Gasteiger partial charge on any atom is -0.284 e. The van der Waals surface area contributed by atoms with Gasteiger partial charge in [0.2, 0.25) is 0 Å². The Labute approximate surface area is 153 Å². The van der Waals surface area contributed by atoms with Gasteiger partial charge in [-0.1, -0.05) is 61.2 Å². The molecule has 1 fully saturated rings. The zero-order chi connectivity index (χ0) is 17.6. The molecule has 2 aromatic carbocycles. The Morgan fingerprint density at radius 3 is 2.76 bits per heavy atom. The first kappa shape index (κ1) is 17.5. The third-order valence-corrected chi connectivity index (χ3v) is 5.23. The number of aliphatic imine (C=N–C) groups is 1. The van der Waals surface area contributed by atoms with E-state index in [2.05, 4.69) is 6.92 Å². The summed E-state index contributed by atoms with van der Waals surface area (Å²) in [6.45, 7) is 4.16. The van der Waals surface area contributed by atoms with E-state index in [1.807, 2.05) is 72.5 Å². The highest BCUT2D eigenvalue weighted by molar-refractivity contribution is 8.14. The van der Waals surface area contributed by atoms with Gasteiger partial charge in [0.15, 0.2) is 5.17 Å². The number of rotatable bonds is 4. The molecule has 0 saturated carbocycles. The van der Waals surface area contributed by atoms with Crippen LogP contribution in [-0.4, -0.2) is 27.8 Å². The summed E-state index contributed by atoms with van der Waals surface area (Å²) >= 11 is 1.66. The van der Waals surface area contributed by atoms with Crippen molar-refractivity contribution in [2.45, 2.75) is 26.3 Å². The molecular weight excluding hydrogens is 328 g/mol. The third kappa shape index (κ3) is 4.40. The lowest BCUT2D eigenvalue weighted by atomic mass is 10.2. The molecule has 0 radical (unpaired) electrons. The Morgan fingerprint density at radius 2 is 2.04 bits per heavy atom. The summed E-state index contributed by atoms with van der Waals surface area (Å²) < 4.78 is 0.